The van der Waals surface area contributed by atoms with E-state index in [1.807, 2.05) is 56.5 Å². The van der Waals surface area contributed by atoms with Crippen molar-refractivity contribution in [2.75, 3.05) is 11.6 Å². The number of aryl methyl sites for hydroxylation is 2. The Bertz CT molecular complexity index is 905. The van der Waals surface area contributed by atoms with Crippen LogP contribution in [0, 0.1) is 13.8 Å². The van der Waals surface area contributed by atoms with Crippen LogP contribution in [0.4, 0.5) is 6.01 Å². The van der Waals surface area contributed by atoms with Crippen LogP contribution in [0.2, 0.25) is 0 Å². The molecular formula is C19H19N3O2S. The Morgan fingerprint density at radius 1 is 1.16 bits per heavy atom. The highest BCUT2D eigenvalue weighted by molar-refractivity contribution is 7.98. The second-order valence-corrected chi connectivity index (χ2v) is 6.68. The standard InChI is InChI=1S/C19H19N3O2S/c1-12-7-8-14(13(2)9-12)11-17(23)20-19-22-21-18(24-19)15-5-4-6-16(10-15)25-3/h4-10H,11H2,1-3H3,(H,20,22,23). The SMILES string of the molecule is CSc1cccc(-c2nnc(NC(=O)Cc3ccc(C)cc3C)o2)c1. The molecule has 128 valence electrons. The average Bonchev–Trinajstić information content (AvgIpc) is 3.06. The topological polar surface area (TPSA) is 68.0 Å². The first-order valence-corrected chi connectivity index (χ1v) is 9.11. The summed E-state index contributed by atoms with van der Waals surface area (Å²) in [6, 6.07) is 14.0. The molecule has 25 heavy (non-hydrogen) atoms. The molecule has 1 heterocycles. The van der Waals surface area contributed by atoms with Crippen molar-refractivity contribution >= 4 is 23.7 Å². The summed E-state index contributed by atoms with van der Waals surface area (Å²) < 4.78 is 5.56. The minimum Gasteiger partial charge on any atom is -0.403 e. The summed E-state index contributed by atoms with van der Waals surface area (Å²) in [5.41, 5.74) is 4.08. The maximum atomic E-state index is 12.2. The lowest BCUT2D eigenvalue weighted by molar-refractivity contribution is -0.115. The fraction of sp³-hybridized carbons (Fsp3) is 0.211. The summed E-state index contributed by atoms with van der Waals surface area (Å²) in [7, 11) is 0. The summed E-state index contributed by atoms with van der Waals surface area (Å²) in [5, 5.41) is 10.6. The van der Waals surface area contributed by atoms with Crippen molar-refractivity contribution in [3.63, 3.8) is 0 Å². The van der Waals surface area contributed by atoms with Crippen LogP contribution in [0.3, 0.4) is 0 Å². The van der Waals surface area contributed by atoms with E-state index in [1.54, 1.807) is 11.8 Å². The summed E-state index contributed by atoms with van der Waals surface area (Å²) in [6.07, 6.45) is 2.28. The smallest absolute Gasteiger partial charge is 0.322 e. The fourth-order valence-corrected chi connectivity index (χ4v) is 2.99. The predicted octanol–water partition coefficient (Wildman–Crippen LogP) is 4.26. The number of benzene rings is 2. The molecule has 0 fully saturated rings. The molecule has 0 aliphatic carbocycles. The Balaban J connectivity index is 1.69. The molecule has 0 bridgehead atoms. The maximum absolute atomic E-state index is 12.2. The van der Waals surface area contributed by atoms with Crippen molar-refractivity contribution in [2.45, 2.75) is 25.2 Å². The van der Waals surface area contributed by atoms with Crippen molar-refractivity contribution in [1.82, 2.24) is 10.2 Å². The molecule has 2 aromatic carbocycles. The van der Waals surface area contributed by atoms with Crippen molar-refractivity contribution in [3.8, 4) is 11.5 Å². The number of aromatic nitrogens is 2. The van der Waals surface area contributed by atoms with E-state index in [2.05, 4.69) is 21.6 Å². The maximum Gasteiger partial charge on any atom is 0.322 e. The number of hydrogen-bond donors (Lipinski definition) is 1. The van der Waals surface area contributed by atoms with Gasteiger partial charge in [0.15, 0.2) is 0 Å². The van der Waals surface area contributed by atoms with Crippen LogP contribution in [-0.4, -0.2) is 22.4 Å². The van der Waals surface area contributed by atoms with Gasteiger partial charge in [-0.1, -0.05) is 34.9 Å². The zero-order valence-electron chi connectivity index (χ0n) is 14.4. The molecular weight excluding hydrogens is 334 g/mol. The van der Waals surface area contributed by atoms with E-state index in [9.17, 15) is 4.79 Å². The Morgan fingerprint density at radius 2 is 2.00 bits per heavy atom. The van der Waals surface area contributed by atoms with Crippen molar-refractivity contribution in [1.29, 1.82) is 0 Å². The number of thioether (sulfide) groups is 1. The third kappa shape index (κ3) is 4.28. The summed E-state index contributed by atoms with van der Waals surface area (Å²) >= 11 is 1.64. The van der Waals surface area contributed by atoms with Crippen molar-refractivity contribution in [3.05, 3.63) is 59.2 Å². The first-order valence-electron chi connectivity index (χ1n) is 7.89. The molecule has 5 nitrogen and oxygen atoms in total. The van der Waals surface area contributed by atoms with Gasteiger partial charge >= 0.3 is 6.01 Å². The molecule has 0 radical (unpaired) electrons. The Kier molecular flexibility index (Phi) is 5.19. The first kappa shape index (κ1) is 17.2. The summed E-state index contributed by atoms with van der Waals surface area (Å²) in [5.74, 6) is 0.206. The molecule has 0 aliphatic heterocycles. The number of hydrogen-bond acceptors (Lipinski definition) is 5. The van der Waals surface area contributed by atoms with Gasteiger partial charge in [-0.05, 0) is 49.4 Å². The molecule has 3 aromatic rings. The largest absolute Gasteiger partial charge is 0.403 e. The highest BCUT2D eigenvalue weighted by Crippen LogP contribution is 2.24. The Morgan fingerprint density at radius 3 is 2.76 bits per heavy atom. The van der Waals surface area contributed by atoms with Gasteiger partial charge in [0.2, 0.25) is 11.8 Å². The number of nitrogens with one attached hydrogen (secondary N) is 1. The number of nitrogens with zero attached hydrogens (tertiary/aromatic N) is 2. The van der Waals surface area contributed by atoms with Gasteiger partial charge in [-0.3, -0.25) is 10.1 Å². The van der Waals surface area contributed by atoms with Gasteiger partial charge in [-0.2, -0.15) is 0 Å². The number of anilines is 1. The molecule has 1 aromatic heterocycles. The van der Waals surface area contributed by atoms with Crippen LogP contribution in [0.25, 0.3) is 11.5 Å². The minimum atomic E-state index is -0.181. The van der Waals surface area contributed by atoms with E-state index in [0.717, 1.165) is 21.6 Å². The number of carbonyl (C=O) groups is 1. The quantitative estimate of drug-likeness (QED) is 0.694. The van der Waals surface area contributed by atoms with E-state index in [-0.39, 0.29) is 18.3 Å². The third-order valence-electron chi connectivity index (χ3n) is 3.84. The number of rotatable bonds is 5. The third-order valence-corrected chi connectivity index (χ3v) is 4.56. The highest BCUT2D eigenvalue weighted by Gasteiger charge is 2.13. The van der Waals surface area contributed by atoms with Crippen molar-refractivity contribution in [2.24, 2.45) is 0 Å². The average molecular weight is 353 g/mol. The van der Waals surface area contributed by atoms with Gasteiger partial charge < -0.3 is 4.42 Å². The lowest BCUT2D eigenvalue weighted by Gasteiger charge is -2.06. The second kappa shape index (κ2) is 7.53. The summed E-state index contributed by atoms with van der Waals surface area (Å²) in [6.45, 7) is 4.03. The molecule has 0 unspecified atom stereocenters. The van der Waals surface area contributed by atoms with Gasteiger partial charge in [-0.15, -0.1) is 16.9 Å². The highest BCUT2D eigenvalue weighted by atomic mass is 32.2. The van der Waals surface area contributed by atoms with Crippen LogP contribution >= 0.6 is 11.8 Å². The van der Waals surface area contributed by atoms with E-state index >= 15 is 0 Å². The molecule has 0 saturated carbocycles. The van der Waals surface area contributed by atoms with E-state index in [0.29, 0.717) is 5.89 Å². The van der Waals surface area contributed by atoms with Gasteiger partial charge in [0.25, 0.3) is 0 Å². The lowest BCUT2D eigenvalue weighted by atomic mass is 10.0. The molecule has 0 aliphatic rings. The van der Waals surface area contributed by atoms with Crippen LogP contribution in [0.15, 0.2) is 51.8 Å². The van der Waals surface area contributed by atoms with Gasteiger partial charge in [0.05, 0.1) is 6.42 Å². The molecule has 6 heteroatoms. The van der Waals surface area contributed by atoms with Gasteiger partial charge in [0.1, 0.15) is 0 Å². The number of carbonyl (C=O) groups excluding carboxylic acids is 1. The van der Waals surface area contributed by atoms with Gasteiger partial charge in [-0.25, -0.2) is 0 Å². The zero-order valence-corrected chi connectivity index (χ0v) is 15.2. The molecule has 0 spiro atoms. The number of amides is 1. The Hall–Kier alpha value is -2.60. The normalized spacial score (nSPS) is 10.7. The molecule has 0 atom stereocenters. The van der Waals surface area contributed by atoms with E-state index < -0.39 is 0 Å². The van der Waals surface area contributed by atoms with Gasteiger partial charge in [0, 0.05) is 10.5 Å². The predicted molar refractivity (Wildman–Crippen MR) is 99.8 cm³/mol. The zero-order chi connectivity index (χ0) is 17.8. The second-order valence-electron chi connectivity index (χ2n) is 5.80. The van der Waals surface area contributed by atoms with E-state index in [4.69, 9.17) is 4.42 Å². The van der Waals surface area contributed by atoms with Crippen molar-refractivity contribution < 1.29 is 9.21 Å². The van der Waals surface area contributed by atoms with E-state index in [1.165, 1.54) is 5.56 Å². The lowest BCUT2D eigenvalue weighted by Crippen LogP contribution is -2.15. The summed E-state index contributed by atoms with van der Waals surface area (Å²) in [4.78, 5) is 13.3. The molecule has 3 rings (SSSR count). The Labute approximate surface area is 150 Å². The van der Waals surface area contributed by atoms with Crippen LogP contribution in [0.5, 0.6) is 0 Å². The van der Waals surface area contributed by atoms with Crippen LogP contribution in [-0.2, 0) is 11.2 Å². The monoisotopic (exact) mass is 353 g/mol. The molecule has 1 N–H and O–H groups in total. The molecule has 0 saturated heterocycles. The minimum absolute atomic E-state index is 0.110. The first-order chi connectivity index (χ1) is 12.0. The van der Waals surface area contributed by atoms with Crippen LogP contribution in [0.1, 0.15) is 16.7 Å². The molecule has 1 amide bonds. The van der Waals surface area contributed by atoms with Crippen LogP contribution < -0.4 is 5.32 Å². The fourth-order valence-electron chi connectivity index (χ4n) is 2.53.